The molecule has 0 radical (unpaired) electrons. The van der Waals surface area contributed by atoms with Gasteiger partial charge in [-0.2, -0.15) is 0 Å². The van der Waals surface area contributed by atoms with Crippen LogP contribution in [0.15, 0.2) is 30.3 Å². The number of nitrogens with zero attached hydrogens (tertiary/aromatic N) is 2. The Morgan fingerprint density at radius 2 is 1.87 bits per heavy atom. The van der Waals surface area contributed by atoms with Crippen LogP contribution in [0.25, 0.3) is 0 Å². The van der Waals surface area contributed by atoms with E-state index in [4.69, 9.17) is 0 Å². The topological polar surface area (TPSA) is 86.8 Å². The fourth-order valence-corrected chi connectivity index (χ4v) is 5.93. The zero-order valence-electron chi connectivity index (χ0n) is 17.9. The summed E-state index contributed by atoms with van der Waals surface area (Å²) in [4.78, 5) is 27.1. The SMILES string of the molecule is CCCCS(=O)(=O)N1CCC(NC(=O)C2CC(=O)N(C(C)c3ccccc3)C2)CC1. The van der Waals surface area contributed by atoms with Crippen LogP contribution in [0.5, 0.6) is 0 Å². The Bertz CT molecular complexity index is 835. The van der Waals surface area contributed by atoms with Gasteiger partial charge in [-0.25, -0.2) is 12.7 Å². The molecule has 2 fully saturated rings. The molecule has 0 saturated carbocycles. The molecule has 8 heteroatoms. The number of hydrogen-bond acceptors (Lipinski definition) is 4. The van der Waals surface area contributed by atoms with Gasteiger partial charge in [0.05, 0.1) is 17.7 Å². The Hall–Kier alpha value is -1.93. The average molecular weight is 436 g/mol. The highest BCUT2D eigenvalue weighted by Crippen LogP contribution is 2.28. The molecule has 3 rings (SSSR count). The molecule has 0 aliphatic carbocycles. The summed E-state index contributed by atoms with van der Waals surface area (Å²) in [6.45, 7) is 5.27. The van der Waals surface area contributed by atoms with E-state index in [-0.39, 0.29) is 42.0 Å². The summed E-state index contributed by atoms with van der Waals surface area (Å²) >= 11 is 0. The summed E-state index contributed by atoms with van der Waals surface area (Å²) in [6, 6.07) is 9.73. The molecule has 1 aromatic carbocycles. The van der Waals surface area contributed by atoms with Gasteiger partial charge in [-0.15, -0.1) is 0 Å². The van der Waals surface area contributed by atoms with Crippen molar-refractivity contribution in [3.63, 3.8) is 0 Å². The van der Waals surface area contributed by atoms with Crippen molar-refractivity contribution in [3.05, 3.63) is 35.9 Å². The van der Waals surface area contributed by atoms with E-state index < -0.39 is 10.0 Å². The third-order valence-corrected chi connectivity index (χ3v) is 8.18. The number of carbonyl (C=O) groups excluding carboxylic acids is 2. The lowest BCUT2D eigenvalue weighted by atomic mass is 10.0. The molecule has 2 aliphatic heterocycles. The second kappa shape index (κ2) is 9.92. The molecule has 7 nitrogen and oxygen atoms in total. The second-order valence-corrected chi connectivity index (χ2v) is 10.5. The molecular weight excluding hydrogens is 402 g/mol. The van der Waals surface area contributed by atoms with E-state index in [0.29, 0.717) is 38.9 Å². The van der Waals surface area contributed by atoms with E-state index in [2.05, 4.69) is 5.32 Å². The van der Waals surface area contributed by atoms with E-state index in [9.17, 15) is 18.0 Å². The maximum Gasteiger partial charge on any atom is 0.225 e. The minimum absolute atomic E-state index is 0.00309. The lowest BCUT2D eigenvalue weighted by molar-refractivity contribution is -0.130. The number of sulfonamides is 1. The van der Waals surface area contributed by atoms with Gasteiger partial charge in [0.1, 0.15) is 0 Å². The van der Waals surface area contributed by atoms with Crippen LogP contribution in [0.3, 0.4) is 0 Å². The summed E-state index contributed by atoms with van der Waals surface area (Å²) in [5.74, 6) is -0.253. The predicted molar refractivity (Wildman–Crippen MR) is 116 cm³/mol. The monoisotopic (exact) mass is 435 g/mol. The standard InChI is InChI=1S/C22H33N3O4S/c1-3-4-14-30(28,29)24-12-10-20(11-13-24)23-22(27)19-15-21(26)25(16-19)17(2)18-8-6-5-7-9-18/h5-9,17,19-20H,3-4,10-16H2,1-2H3,(H,23,27). The van der Waals surface area contributed by atoms with Crippen molar-refractivity contribution >= 4 is 21.8 Å². The molecule has 0 aromatic heterocycles. The number of amides is 2. The maximum atomic E-state index is 12.8. The van der Waals surface area contributed by atoms with Crippen molar-refractivity contribution < 1.29 is 18.0 Å². The highest BCUT2D eigenvalue weighted by Gasteiger charge is 2.38. The zero-order valence-corrected chi connectivity index (χ0v) is 18.7. The highest BCUT2D eigenvalue weighted by molar-refractivity contribution is 7.89. The molecular formula is C22H33N3O4S. The number of nitrogens with one attached hydrogen (secondary N) is 1. The smallest absolute Gasteiger partial charge is 0.225 e. The molecule has 2 aliphatic rings. The van der Waals surface area contributed by atoms with Crippen molar-refractivity contribution in [2.75, 3.05) is 25.4 Å². The molecule has 2 amide bonds. The Morgan fingerprint density at radius 3 is 2.50 bits per heavy atom. The van der Waals surface area contributed by atoms with Crippen molar-refractivity contribution in [1.82, 2.24) is 14.5 Å². The van der Waals surface area contributed by atoms with E-state index >= 15 is 0 Å². The first-order valence-electron chi connectivity index (χ1n) is 10.9. The van der Waals surface area contributed by atoms with Gasteiger partial charge in [0.25, 0.3) is 0 Å². The number of rotatable bonds is 8. The van der Waals surface area contributed by atoms with Crippen LogP contribution in [0.2, 0.25) is 0 Å². The first-order valence-corrected chi connectivity index (χ1v) is 12.6. The maximum absolute atomic E-state index is 12.8. The lowest BCUT2D eigenvalue weighted by Crippen LogP contribution is -2.48. The third kappa shape index (κ3) is 5.40. The molecule has 0 spiro atoms. The number of benzene rings is 1. The van der Waals surface area contributed by atoms with Crippen molar-refractivity contribution in [3.8, 4) is 0 Å². The van der Waals surface area contributed by atoms with Crippen LogP contribution in [0.4, 0.5) is 0 Å². The number of likely N-dealkylation sites (tertiary alicyclic amines) is 1. The van der Waals surface area contributed by atoms with Gasteiger partial charge in [-0.3, -0.25) is 9.59 Å². The normalized spacial score (nSPS) is 22.3. The average Bonchev–Trinajstić information content (AvgIpc) is 3.14. The van der Waals surface area contributed by atoms with Crippen molar-refractivity contribution in [1.29, 1.82) is 0 Å². The largest absolute Gasteiger partial charge is 0.353 e. The number of carbonyl (C=O) groups is 2. The van der Waals surface area contributed by atoms with Crippen LogP contribution in [0, 0.1) is 5.92 Å². The summed E-state index contributed by atoms with van der Waals surface area (Å²) in [6.07, 6.45) is 2.98. The highest BCUT2D eigenvalue weighted by atomic mass is 32.2. The fourth-order valence-electron chi connectivity index (χ4n) is 4.25. The third-order valence-electron chi connectivity index (χ3n) is 6.23. The van der Waals surface area contributed by atoms with E-state index in [1.165, 1.54) is 0 Å². The van der Waals surface area contributed by atoms with Crippen molar-refractivity contribution in [2.24, 2.45) is 5.92 Å². The molecule has 1 N–H and O–H groups in total. The van der Waals surface area contributed by atoms with Gasteiger partial charge < -0.3 is 10.2 Å². The van der Waals surface area contributed by atoms with Crippen LogP contribution < -0.4 is 5.32 Å². The minimum Gasteiger partial charge on any atom is -0.353 e. The van der Waals surface area contributed by atoms with Gasteiger partial charge in [-0.1, -0.05) is 43.7 Å². The van der Waals surface area contributed by atoms with Gasteiger partial charge in [0.2, 0.25) is 21.8 Å². The Morgan fingerprint density at radius 1 is 1.20 bits per heavy atom. The molecule has 166 valence electrons. The van der Waals surface area contributed by atoms with Crippen LogP contribution in [-0.4, -0.2) is 60.9 Å². The van der Waals surface area contributed by atoms with Crippen LogP contribution in [0.1, 0.15) is 57.6 Å². The number of piperidine rings is 1. The Labute approximate surface area is 179 Å². The molecule has 30 heavy (non-hydrogen) atoms. The zero-order chi connectivity index (χ0) is 21.7. The molecule has 1 aromatic rings. The predicted octanol–water partition coefficient (Wildman–Crippen LogP) is 2.31. The molecule has 0 bridgehead atoms. The number of unbranched alkanes of at least 4 members (excludes halogenated alkanes) is 1. The van der Waals surface area contributed by atoms with E-state index in [1.807, 2.05) is 44.2 Å². The van der Waals surface area contributed by atoms with Gasteiger partial charge in [0, 0.05) is 32.1 Å². The summed E-state index contributed by atoms with van der Waals surface area (Å²) in [5, 5.41) is 3.06. The lowest BCUT2D eigenvalue weighted by Gasteiger charge is -2.32. The first kappa shape index (κ1) is 22.7. The molecule has 2 unspecified atom stereocenters. The fraction of sp³-hybridized carbons (Fsp3) is 0.636. The molecule has 2 atom stereocenters. The van der Waals surface area contributed by atoms with Crippen LogP contribution >= 0.6 is 0 Å². The first-order chi connectivity index (χ1) is 14.3. The minimum atomic E-state index is -3.19. The van der Waals surface area contributed by atoms with Gasteiger partial charge in [-0.05, 0) is 31.7 Å². The molecule has 2 heterocycles. The van der Waals surface area contributed by atoms with Gasteiger partial charge >= 0.3 is 0 Å². The molecule has 2 saturated heterocycles. The quantitative estimate of drug-likeness (QED) is 0.679. The van der Waals surface area contributed by atoms with E-state index in [1.54, 1.807) is 9.21 Å². The van der Waals surface area contributed by atoms with Crippen LogP contribution in [-0.2, 0) is 19.6 Å². The Kier molecular flexibility index (Phi) is 7.52. The summed E-state index contributed by atoms with van der Waals surface area (Å²) in [7, 11) is -3.19. The second-order valence-electron chi connectivity index (χ2n) is 8.39. The van der Waals surface area contributed by atoms with Crippen molar-refractivity contribution in [2.45, 2.75) is 58.0 Å². The van der Waals surface area contributed by atoms with Gasteiger partial charge in [0.15, 0.2) is 0 Å². The summed E-state index contributed by atoms with van der Waals surface area (Å²) in [5.41, 5.74) is 1.06. The Balaban J connectivity index is 1.50. The van der Waals surface area contributed by atoms with E-state index in [0.717, 1.165) is 12.0 Å². The number of hydrogen-bond donors (Lipinski definition) is 1. The summed E-state index contributed by atoms with van der Waals surface area (Å²) < 4.78 is 26.2.